The van der Waals surface area contributed by atoms with Crippen molar-refractivity contribution in [2.24, 2.45) is 0 Å². The van der Waals surface area contributed by atoms with Crippen LogP contribution in [0.3, 0.4) is 0 Å². The van der Waals surface area contributed by atoms with Crippen molar-refractivity contribution in [1.29, 1.82) is 0 Å². The number of ketones is 1. The van der Waals surface area contributed by atoms with Gasteiger partial charge in [-0.15, -0.1) is 0 Å². The molecular formula is C16H17BNO+. The van der Waals surface area contributed by atoms with Gasteiger partial charge in [-0.25, -0.2) is 0 Å². The minimum Gasteiger partial charge on any atom is -0.287 e. The topological polar surface area (TPSA) is 20.9 Å². The van der Waals surface area contributed by atoms with Crippen LogP contribution in [0.4, 0.5) is 0 Å². The Kier molecular flexibility index (Phi) is 4.15. The van der Waals surface area contributed by atoms with Crippen molar-refractivity contribution < 1.29 is 9.36 Å². The number of pyridine rings is 1. The minimum absolute atomic E-state index is 0.0855. The largest absolute Gasteiger partial charge is 0.287 e. The molecule has 2 aromatic rings. The summed E-state index contributed by atoms with van der Waals surface area (Å²) in [5.74, 6) is 0.588. The smallest absolute Gasteiger partial charge is 0.227 e. The molecule has 3 heteroatoms. The molecule has 0 amide bonds. The van der Waals surface area contributed by atoms with Crippen molar-refractivity contribution in [3.8, 4) is 0 Å². The van der Waals surface area contributed by atoms with Crippen LogP contribution in [0.5, 0.6) is 0 Å². The monoisotopic (exact) mass is 250 g/mol. The zero-order chi connectivity index (χ0) is 13.8. The van der Waals surface area contributed by atoms with Crippen LogP contribution in [0, 0.1) is 0 Å². The minimum atomic E-state index is 0.0855. The van der Waals surface area contributed by atoms with Crippen LogP contribution >= 0.6 is 0 Å². The predicted octanol–water partition coefficient (Wildman–Crippen LogP) is 1.77. The molecule has 0 saturated carbocycles. The highest BCUT2D eigenvalue weighted by Crippen LogP contribution is 2.10. The molecule has 0 unspecified atom stereocenters. The molecule has 0 aliphatic heterocycles. The lowest BCUT2D eigenvalue weighted by Gasteiger charge is -2.03. The van der Waals surface area contributed by atoms with E-state index >= 15 is 0 Å². The zero-order valence-electron chi connectivity index (χ0n) is 11.3. The number of carbonyl (C=O) groups excluding carboxylic acids is 1. The number of hydrogen-bond donors (Lipinski definition) is 0. The van der Waals surface area contributed by atoms with Crippen LogP contribution in [0.15, 0.2) is 48.8 Å². The summed E-state index contributed by atoms with van der Waals surface area (Å²) in [6.07, 6.45) is 3.90. The van der Waals surface area contributed by atoms with E-state index in [0.717, 1.165) is 0 Å². The molecule has 0 bridgehead atoms. The van der Waals surface area contributed by atoms with E-state index in [9.17, 15) is 4.79 Å². The Bertz CT molecular complexity index is 558. The molecule has 0 atom stereocenters. The van der Waals surface area contributed by atoms with Crippen molar-refractivity contribution in [3.63, 3.8) is 0 Å². The summed E-state index contributed by atoms with van der Waals surface area (Å²) >= 11 is 0. The van der Waals surface area contributed by atoms with Crippen molar-refractivity contribution >= 4 is 19.1 Å². The second-order valence-corrected chi connectivity index (χ2v) is 5.00. The Labute approximate surface area is 115 Å². The molecule has 0 aliphatic rings. The van der Waals surface area contributed by atoms with Crippen molar-refractivity contribution in [2.75, 3.05) is 0 Å². The maximum Gasteiger partial charge on any atom is 0.227 e. The predicted molar refractivity (Wildman–Crippen MR) is 76.9 cm³/mol. The zero-order valence-corrected chi connectivity index (χ0v) is 11.3. The first-order valence-electron chi connectivity index (χ1n) is 6.44. The van der Waals surface area contributed by atoms with Gasteiger partial charge < -0.3 is 0 Å². The van der Waals surface area contributed by atoms with Crippen molar-refractivity contribution in [1.82, 2.24) is 0 Å². The normalized spacial score (nSPS) is 10.7. The summed E-state index contributed by atoms with van der Waals surface area (Å²) in [5.41, 5.74) is 2.64. The second kappa shape index (κ2) is 5.83. The highest BCUT2D eigenvalue weighted by molar-refractivity contribution is 6.32. The van der Waals surface area contributed by atoms with E-state index in [1.54, 1.807) is 24.3 Å². The van der Waals surface area contributed by atoms with E-state index in [2.05, 4.69) is 26.0 Å². The molecular weight excluding hydrogens is 233 g/mol. The first-order valence-corrected chi connectivity index (χ1v) is 6.44. The second-order valence-electron chi connectivity index (χ2n) is 5.00. The van der Waals surface area contributed by atoms with Crippen LogP contribution < -0.4 is 10.0 Å². The van der Waals surface area contributed by atoms with Gasteiger partial charge >= 0.3 is 0 Å². The Balaban J connectivity index is 2.08. The molecule has 0 saturated heterocycles. The van der Waals surface area contributed by atoms with E-state index in [1.165, 1.54) is 5.56 Å². The quantitative estimate of drug-likeness (QED) is 0.460. The molecule has 2 radical (unpaired) electrons. The molecule has 0 fully saturated rings. The molecule has 1 aromatic carbocycles. The molecule has 1 aromatic heterocycles. The van der Waals surface area contributed by atoms with Gasteiger partial charge in [-0.05, 0) is 11.5 Å². The summed E-state index contributed by atoms with van der Waals surface area (Å²) in [4.78, 5) is 12.1. The summed E-state index contributed by atoms with van der Waals surface area (Å²) in [5, 5.41) is 0. The number of aromatic nitrogens is 1. The lowest BCUT2D eigenvalue weighted by atomic mass is 9.94. The van der Waals surface area contributed by atoms with Gasteiger partial charge in [0.15, 0.2) is 12.4 Å². The fraction of sp³-hybridized carbons (Fsp3) is 0.250. The fourth-order valence-corrected chi connectivity index (χ4v) is 1.89. The number of benzene rings is 1. The van der Waals surface area contributed by atoms with Crippen LogP contribution in [0.2, 0.25) is 0 Å². The third-order valence-electron chi connectivity index (χ3n) is 3.14. The van der Waals surface area contributed by atoms with E-state index in [4.69, 9.17) is 7.85 Å². The summed E-state index contributed by atoms with van der Waals surface area (Å²) in [6.45, 7) is 4.65. The third kappa shape index (κ3) is 3.54. The van der Waals surface area contributed by atoms with Gasteiger partial charge in [0.1, 0.15) is 7.85 Å². The fourth-order valence-electron chi connectivity index (χ4n) is 1.89. The first-order chi connectivity index (χ1) is 9.06. The maximum atomic E-state index is 12.1. The molecule has 1 heterocycles. The van der Waals surface area contributed by atoms with Gasteiger partial charge in [-0.2, -0.15) is 4.57 Å². The van der Waals surface area contributed by atoms with Crippen LogP contribution in [0.25, 0.3) is 0 Å². The number of Topliss-reactive ketones (excluding diaryl/α,β-unsaturated/α-hetero) is 1. The lowest BCUT2D eigenvalue weighted by Crippen LogP contribution is -2.37. The number of carbonyl (C=O) groups is 1. The number of rotatable bonds is 4. The highest BCUT2D eigenvalue weighted by atomic mass is 16.1. The standard InChI is InChI=1S/C16H17BNO/c1-12(2)13-7-9-18(10-8-13)11-16(19)14-3-5-15(17)6-4-14/h3-10,12H,11H2,1-2H3/q+1. The SMILES string of the molecule is [B]c1ccc(C(=O)C[n+]2ccc(C(C)C)cc2)cc1. The van der Waals surface area contributed by atoms with Crippen LogP contribution in [-0.2, 0) is 6.54 Å². The molecule has 2 nitrogen and oxygen atoms in total. The summed E-state index contributed by atoms with van der Waals surface area (Å²) in [7, 11) is 5.61. The third-order valence-corrected chi connectivity index (χ3v) is 3.14. The lowest BCUT2D eigenvalue weighted by molar-refractivity contribution is -0.683. The first kappa shape index (κ1) is 13.5. The molecule has 0 aliphatic carbocycles. The Morgan fingerprint density at radius 2 is 1.68 bits per heavy atom. The van der Waals surface area contributed by atoms with E-state index in [0.29, 0.717) is 23.5 Å². The average molecular weight is 250 g/mol. The Morgan fingerprint density at radius 3 is 2.21 bits per heavy atom. The Morgan fingerprint density at radius 1 is 1.11 bits per heavy atom. The van der Waals surface area contributed by atoms with E-state index < -0.39 is 0 Å². The van der Waals surface area contributed by atoms with Gasteiger partial charge in [-0.1, -0.05) is 43.6 Å². The van der Waals surface area contributed by atoms with Crippen molar-refractivity contribution in [3.05, 3.63) is 59.9 Å². The van der Waals surface area contributed by atoms with Crippen molar-refractivity contribution in [2.45, 2.75) is 26.3 Å². The average Bonchev–Trinajstić information content (AvgIpc) is 2.40. The Hall–Kier alpha value is -1.90. The van der Waals surface area contributed by atoms with E-state index in [1.807, 2.05) is 17.0 Å². The maximum absolute atomic E-state index is 12.1. The summed E-state index contributed by atoms with van der Waals surface area (Å²) < 4.78 is 1.89. The molecule has 2 rings (SSSR count). The number of nitrogens with zero attached hydrogens (tertiary/aromatic N) is 1. The van der Waals surface area contributed by atoms with Gasteiger partial charge in [0, 0.05) is 17.7 Å². The highest BCUT2D eigenvalue weighted by Gasteiger charge is 2.12. The van der Waals surface area contributed by atoms with Gasteiger partial charge in [0.2, 0.25) is 12.3 Å². The van der Waals surface area contributed by atoms with Gasteiger partial charge in [-0.3, -0.25) is 4.79 Å². The van der Waals surface area contributed by atoms with Crippen LogP contribution in [0.1, 0.15) is 35.7 Å². The van der Waals surface area contributed by atoms with Crippen LogP contribution in [-0.4, -0.2) is 13.6 Å². The van der Waals surface area contributed by atoms with Gasteiger partial charge in [0.25, 0.3) is 0 Å². The molecule has 19 heavy (non-hydrogen) atoms. The van der Waals surface area contributed by atoms with Gasteiger partial charge in [0.05, 0.1) is 0 Å². The molecule has 0 spiro atoms. The molecule has 0 N–H and O–H groups in total. The summed E-state index contributed by atoms with van der Waals surface area (Å²) in [6, 6.07) is 11.1. The van der Waals surface area contributed by atoms with E-state index in [-0.39, 0.29) is 5.78 Å². The molecule has 94 valence electrons. The number of hydrogen-bond acceptors (Lipinski definition) is 1.